The SMILES string of the molecule is CCC(F)(F)C(=O)N[C@H]1Cc2cccc(C(=O)OCC3=C(CC(C)C)OC(O)O3)c2OB1O. The third-order valence-corrected chi connectivity index (χ3v) is 5.16. The fourth-order valence-electron chi connectivity index (χ4n) is 3.40. The summed E-state index contributed by atoms with van der Waals surface area (Å²) in [6, 6.07) is 4.55. The Hall–Kier alpha value is -2.86. The summed E-state index contributed by atoms with van der Waals surface area (Å²) in [5.41, 5.74) is 0.427. The standard InChI is InChI=1S/C21H26BF2NO8/c1-4-21(23,24)19(27)25-16-9-12-6-5-7-13(17(12)33-22(16)29)18(26)30-10-15-14(8-11(2)3)31-20(28)32-15/h5-7,11,16,20,28-29H,4,8-10H2,1-3H3,(H,25,27)/t16-,20?/m0/s1. The number of hydrogen-bond donors (Lipinski definition) is 3. The van der Waals surface area contributed by atoms with E-state index in [4.69, 9.17) is 18.9 Å². The molecule has 1 unspecified atom stereocenters. The van der Waals surface area contributed by atoms with Crippen LogP contribution in [0.4, 0.5) is 8.78 Å². The first-order chi connectivity index (χ1) is 15.5. The lowest BCUT2D eigenvalue weighted by Crippen LogP contribution is -2.56. The number of halogens is 2. The molecule has 3 rings (SSSR count). The Kier molecular flexibility index (Phi) is 7.48. The van der Waals surface area contributed by atoms with Gasteiger partial charge in [-0.25, -0.2) is 4.79 Å². The fraction of sp³-hybridized carbons (Fsp3) is 0.524. The number of benzene rings is 1. The molecule has 0 saturated heterocycles. The number of rotatable bonds is 8. The summed E-state index contributed by atoms with van der Waals surface area (Å²) >= 11 is 0. The minimum atomic E-state index is -3.58. The van der Waals surface area contributed by atoms with Crippen LogP contribution in [-0.4, -0.2) is 54.1 Å². The second kappa shape index (κ2) is 9.96. The van der Waals surface area contributed by atoms with Crippen LogP contribution < -0.4 is 9.97 Å². The van der Waals surface area contributed by atoms with Gasteiger partial charge in [0.05, 0.1) is 5.94 Å². The number of nitrogens with one attached hydrogen (secondary N) is 1. The maximum absolute atomic E-state index is 13.6. The summed E-state index contributed by atoms with van der Waals surface area (Å²) in [5.74, 6) is -6.19. The molecule has 180 valence electrons. The van der Waals surface area contributed by atoms with E-state index >= 15 is 0 Å². The van der Waals surface area contributed by atoms with Crippen LogP contribution in [0.2, 0.25) is 0 Å². The van der Waals surface area contributed by atoms with E-state index in [1.54, 1.807) is 12.1 Å². The van der Waals surface area contributed by atoms with Gasteiger partial charge in [0.15, 0.2) is 12.4 Å². The number of aliphatic hydroxyl groups is 1. The molecule has 2 heterocycles. The third-order valence-electron chi connectivity index (χ3n) is 5.16. The number of carbonyl (C=O) groups is 2. The smallest absolute Gasteiger partial charge is 0.534 e. The highest BCUT2D eigenvalue weighted by Gasteiger charge is 2.43. The Labute approximate surface area is 189 Å². The largest absolute Gasteiger partial charge is 0.547 e. The first-order valence-corrected chi connectivity index (χ1v) is 10.6. The molecule has 9 nitrogen and oxygen atoms in total. The molecule has 2 aliphatic heterocycles. The summed E-state index contributed by atoms with van der Waals surface area (Å²) in [6.07, 6.45) is -0.240. The van der Waals surface area contributed by atoms with Crippen molar-refractivity contribution in [2.24, 2.45) is 5.92 Å². The van der Waals surface area contributed by atoms with Crippen LogP contribution in [0.5, 0.6) is 5.75 Å². The van der Waals surface area contributed by atoms with Crippen molar-refractivity contribution in [3.05, 3.63) is 40.8 Å². The zero-order chi connectivity index (χ0) is 24.3. The van der Waals surface area contributed by atoms with Crippen LogP contribution in [0, 0.1) is 5.92 Å². The van der Waals surface area contributed by atoms with Crippen molar-refractivity contribution in [2.45, 2.75) is 58.4 Å². The van der Waals surface area contributed by atoms with Gasteiger partial charge < -0.3 is 34.3 Å². The van der Waals surface area contributed by atoms with Crippen LogP contribution in [-0.2, 0) is 25.4 Å². The van der Waals surface area contributed by atoms with Crippen LogP contribution in [0.1, 0.15) is 49.5 Å². The fourth-order valence-corrected chi connectivity index (χ4v) is 3.40. The van der Waals surface area contributed by atoms with Gasteiger partial charge in [-0.1, -0.05) is 32.9 Å². The van der Waals surface area contributed by atoms with Gasteiger partial charge in [0.2, 0.25) is 0 Å². The maximum Gasteiger partial charge on any atom is 0.547 e. The van der Waals surface area contributed by atoms with Gasteiger partial charge >= 0.3 is 25.5 Å². The monoisotopic (exact) mass is 469 g/mol. The number of allylic oxidation sites excluding steroid dienone is 1. The van der Waals surface area contributed by atoms with Crippen molar-refractivity contribution >= 4 is 19.0 Å². The number of amides is 1. The molecular weight excluding hydrogens is 443 g/mol. The van der Waals surface area contributed by atoms with Gasteiger partial charge in [-0.2, -0.15) is 8.78 Å². The second-order valence-corrected chi connectivity index (χ2v) is 8.21. The molecule has 2 atom stereocenters. The lowest BCUT2D eigenvalue weighted by atomic mass is 9.72. The molecule has 2 aliphatic rings. The Balaban J connectivity index is 1.71. The van der Waals surface area contributed by atoms with Crippen LogP contribution in [0.25, 0.3) is 0 Å². The molecule has 12 heteroatoms. The van der Waals surface area contributed by atoms with Crippen LogP contribution >= 0.6 is 0 Å². The van der Waals surface area contributed by atoms with E-state index < -0.39 is 43.8 Å². The van der Waals surface area contributed by atoms with Crippen molar-refractivity contribution in [1.82, 2.24) is 5.32 Å². The highest BCUT2D eigenvalue weighted by Crippen LogP contribution is 2.32. The number of hydrogen-bond acceptors (Lipinski definition) is 8. The zero-order valence-electron chi connectivity index (χ0n) is 18.5. The number of ether oxygens (including phenoxy) is 3. The summed E-state index contributed by atoms with van der Waals surface area (Å²) in [5, 5.41) is 21.9. The van der Waals surface area contributed by atoms with Gasteiger partial charge in [0, 0.05) is 12.8 Å². The molecule has 0 radical (unpaired) electrons. The zero-order valence-corrected chi connectivity index (χ0v) is 18.5. The van der Waals surface area contributed by atoms with Crippen LogP contribution in [0.15, 0.2) is 29.7 Å². The molecule has 0 aromatic heterocycles. The van der Waals surface area contributed by atoms with E-state index in [0.29, 0.717) is 17.7 Å². The Morgan fingerprint density at radius 2 is 2.00 bits per heavy atom. The lowest BCUT2D eigenvalue weighted by molar-refractivity contribution is -0.195. The van der Waals surface area contributed by atoms with Crippen molar-refractivity contribution in [3.8, 4) is 5.75 Å². The summed E-state index contributed by atoms with van der Waals surface area (Å²) < 4.78 is 48.2. The predicted octanol–water partition coefficient (Wildman–Crippen LogP) is 1.91. The third kappa shape index (κ3) is 5.74. The molecular formula is C21H26BF2NO8. The number of fused-ring (bicyclic) bond motifs is 1. The average molecular weight is 469 g/mol. The molecule has 33 heavy (non-hydrogen) atoms. The second-order valence-electron chi connectivity index (χ2n) is 8.21. The Morgan fingerprint density at radius 1 is 1.30 bits per heavy atom. The molecule has 3 N–H and O–H groups in total. The van der Waals surface area contributed by atoms with E-state index in [9.17, 15) is 28.5 Å². The predicted molar refractivity (Wildman–Crippen MR) is 111 cm³/mol. The number of para-hydroxylation sites is 1. The molecule has 1 aromatic rings. The lowest BCUT2D eigenvalue weighted by Gasteiger charge is -2.30. The van der Waals surface area contributed by atoms with E-state index in [1.165, 1.54) is 13.0 Å². The Morgan fingerprint density at radius 3 is 2.67 bits per heavy atom. The van der Waals surface area contributed by atoms with Crippen LogP contribution in [0.3, 0.4) is 0 Å². The van der Waals surface area contributed by atoms with Crippen molar-refractivity contribution < 1.29 is 47.4 Å². The van der Waals surface area contributed by atoms with E-state index in [-0.39, 0.29) is 36.0 Å². The summed E-state index contributed by atoms with van der Waals surface area (Å²) in [4.78, 5) is 24.5. The maximum atomic E-state index is 13.6. The molecule has 0 fully saturated rings. The average Bonchev–Trinajstić information content (AvgIpc) is 3.10. The highest BCUT2D eigenvalue weighted by atomic mass is 19.3. The van der Waals surface area contributed by atoms with Crippen molar-refractivity contribution in [2.75, 3.05) is 6.61 Å². The van der Waals surface area contributed by atoms with Gasteiger partial charge in [0.1, 0.15) is 17.1 Å². The minimum Gasteiger partial charge on any atom is -0.534 e. The number of carbonyl (C=O) groups excluding carboxylic acids is 2. The molecule has 0 spiro atoms. The Bertz CT molecular complexity index is 939. The number of aliphatic hydroxyl groups excluding tert-OH is 1. The van der Waals surface area contributed by atoms with Gasteiger partial charge in [-0.3, -0.25) is 4.79 Å². The molecule has 1 amide bonds. The molecule has 0 aliphatic carbocycles. The molecule has 0 bridgehead atoms. The topological polar surface area (TPSA) is 124 Å². The number of esters is 1. The highest BCUT2D eigenvalue weighted by molar-refractivity contribution is 6.47. The van der Waals surface area contributed by atoms with Gasteiger partial charge in [-0.15, -0.1) is 0 Å². The first kappa shape index (κ1) is 24.8. The van der Waals surface area contributed by atoms with E-state index in [1.807, 2.05) is 13.8 Å². The van der Waals surface area contributed by atoms with Crippen molar-refractivity contribution in [3.63, 3.8) is 0 Å². The van der Waals surface area contributed by atoms with E-state index in [0.717, 1.165) is 0 Å². The van der Waals surface area contributed by atoms with Gasteiger partial charge in [-0.05, 0) is 24.0 Å². The quantitative estimate of drug-likeness (QED) is 0.390. The minimum absolute atomic E-state index is 0.000637. The van der Waals surface area contributed by atoms with Gasteiger partial charge in [0.25, 0.3) is 5.91 Å². The first-order valence-electron chi connectivity index (χ1n) is 10.6. The molecule has 1 aromatic carbocycles. The number of alkyl halides is 2. The normalized spacial score (nSPS) is 20.1. The summed E-state index contributed by atoms with van der Waals surface area (Å²) in [6.45, 7) is 3.30. The van der Waals surface area contributed by atoms with Crippen molar-refractivity contribution in [1.29, 1.82) is 0 Å². The van der Waals surface area contributed by atoms with E-state index in [2.05, 4.69) is 5.32 Å². The summed E-state index contributed by atoms with van der Waals surface area (Å²) in [7, 11) is -1.65. The molecule has 0 saturated carbocycles.